The third kappa shape index (κ3) is 13.9. The number of nitrogens with zero attached hydrogens (tertiary/aromatic N) is 4. The fourth-order valence-corrected chi connectivity index (χ4v) is 8.03. The summed E-state index contributed by atoms with van der Waals surface area (Å²) in [7, 11) is -4.76. The molecule has 1 aliphatic heterocycles. The van der Waals surface area contributed by atoms with Gasteiger partial charge in [-0.25, -0.2) is 14.1 Å². The summed E-state index contributed by atoms with van der Waals surface area (Å²) in [5.74, 6) is 0.136. The SMILES string of the molecule is CCCCCCCCCCCCCCCCCCOC[C@@H](OCc1ccccc1)C(C)OP(=O)(O)OC[C@H]1O[C@@](C#N)(c2ccc3c(N)ncnn23)[C@H](O)[C@@H]1O. The number of hydrogen-bond donors (Lipinski definition) is 4. The van der Waals surface area contributed by atoms with Crippen LogP contribution >= 0.6 is 7.82 Å². The molecule has 0 bridgehead atoms. The summed E-state index contributed by atoms with van der Waals surface area (Å²) >= 11 is 0. The number of anilines is 1. The van der Waals surface area contributed by atoms with Gasteiger partial charge in [-0.1, -0.05) is 134 Å². The molecule has 0 spiro atoms. The molecule has 14 nitrogen and oxygen atoms in total. The molecule has 3 heterocycles. The van der Waals surface area contributed by atoms with E-state index in [0.717, 1.165) is 24.8 Å². The number of rotatable bonds is 29. The van der Waals surface area contributed by atoms with Gasteiger partial charge in [0.2, 0.25) is 5.60 Å². The summed E-state index contributed by atoms with van der Waals surface area (Å²) in [6.45, 7) is 4.08. The topological polar surface area (TPSA) is 204 Å². The van der Waals surface area contributed by atoms with Crippen molar-refractivity contribution in [3.05, 3.63) is 60.0 Å². The Balaban J connectivity index is 1.18. The average molecular weight is 802 g/mol. The van der Waals surface area contributed by atoms with Crippen LogP contribution in [-0.4, -0.2) is 80.0 Å². The number of nitriles is 1. The predicted octanol–water partition coefficient (Wildman–Crippen LogP) is 7.54. The molecule has 3 aromatic rings. The van der Waals surface area contributed by atoms with Crippen LogP contribution in [0.15, 0.2) is 48.8 Å². The first-order valence-electron chi connectivity index (χ1n) is 20.5. The molecule has 312 valence electrons. The highest BCUT2D eigenvalue weighted by Gasteiger charge is 2.58. The molecule has 0 aliphatic carbocycles. The third-order valence-corrected chi connectivity index (χ3v) is 11.5. The van der Waals surface area contributed by atoms with Gasteiger partial charge in [0, 0.05) is 6.61 Å². The van der Waals surface area contributed by atoms with Gasteiger partial charge >= 0.3 is 7.82 Å². The Morgan fingerprint density at radius 1 is 0.946 bits per heavy atom. The van der Waals surface area contributed by atoms with Crippen LogP contribution in [0.2, 0.25) is 0 Å². The predicted molar refractivity (Wildman–Crippen MR) is 213 cm³/mol. The monoisotopic (exact) mass is 801 g/mol. The number of nitrogens with two attached hydrogens (primary N) is 1. The number of aliphatic hydroxyl groups is 2. The third-order valence-electron chi connectivity index (χ3n) is 10.4. The second-order valence-electron chi connectivity index (χ2n) is 14.9. The summed E-state index contributed by atoms with van der Waals surface area (Å²) in [5.41, 5.74) is 5.21. The lowest BCUT2D eigenvalue weighted by atomic mass is 9.92. The quantitative estimate of drug-likeness (QED) is 0.0396. The van der Waals surface area contributed by atoms with Gasteiger partial charge in [-0.3, -0.25) is 9.05 Å². The van der Waals surface area contributed by atoms with Gasteiger partial charge in [-0.2, -0.15) is 10.4 Å². The van der Waals surface area contributed by atoms with Crippen LogP contribution in [-0.2, 0) is 40.0 Å². The van der Waals surface area contributed by atoms with E-state index in [9.17, 15) is 24.9 Å². The number of hydrogen-bond acceptors (Lipinski definition) is 12. The van der Waals surface area contributed by atoms with Crippen LogP contribution < -0.4 is 5.73 Å². The highest BCUT2D eigenvalue weighted by Crippen LogP contribution is 2.47. The van der Waals surface area contributed by atoms with Gasteiger partial charge in [0.25, 0.3) is 0 Å². The van der Waals surface area contributed by atoms with Crippen LogP contribution in [0.1, 0.15) is 128 Å². The lowest BCUT2D eigenvalue weighted by molar-refractivity contribution is -0.0860. The molecule has 2 aromatic heterocycles. The van der Waals surface area contributed by atoms with Gasteiger partial charge in [0.1, 0.15) is 42.3 Å². The number of phosphoric ester groups is 1. The normalized spacial score (nSPS) is 21.9. The molecule has 5 N–H and O–H groups in total. The molecule has 7 atom stereocenters. The van der Waals surface area contributed by atoms with E-state index in [1.807, 2.05) is 36.4 Å². The Hall–Kier alpha value is -2.96. The molecular weight excluding hydrogens is 737 g/mol. The smallest absolute Gasteiger partial charge is 0.387 e. The van der Waals surface area contributed by atoms with Crippen molar-refractivity contribution in [1.82, 2.24) is 14.6 Å². The zero-order valence-corrected chi connectivity index (χ0v) is 34.1. The Kier molecular flexibility index (Phi) is 19.7. The number of aliphatic hydroxyl groups excluding tert-OH is 2. The van der Waals surface area contributed by atoms with E-state index in [2.05, 4.69) is 17.0 Å². The Morgan fingerprint density at radius 3 is 2.16 bits per heavy atom. The van der Waals surface area contributed by atoms with Crippen molar-refractivity contribution in [2.24, 2.45) is 0 Å². The molecule has 0 saturated carbocycles. The molecule has 2 unspecified atom stereocenters. The zero-order valence-electron chi connectivity index (χ0n) is 33.3. The van der Waals surface area contributed by atoms with Gasteiger partial charge in [-0.05, 0) is 31.0 Å². The van der Waals surface area contributed by atoms with E-state index in [1.165, 1.54) is 100 Å². The van der Waals surface area contributed by atoms with E-state index in [1.54, 1.807) is 13.0 Å². The maximum absolute atomic E-state index is 13.2. The van der Waals surface area contributed by atoms with E-state index < -0.39 is 50.6 Å². The largest absolute Gasteiger partial charge is 0.472 e. The molecule has 4 rings (SSSR count). The summed E-state index contributed by atoms with van der Waals surface area (Å²) in [6.07, 6.45) is 15.3. The molecule has 15 heteroatoms. The standard InChI is InChI=1S/C41H64N5O9P/c1-3-4-5-6-7-8-9-10-11-12-13-14-15-16-17-21-26-51-28-35(52-27-33-22-19-18-20-23-33)32(2)55-56(49,50)53-29-36-38(47)39(48)41(30-42,54-36)37-25-24-34-40(43)44-31-45-46(34)37/h18-20,22-25,31-32,35-36,38-39,47-48H,3-17,21,26-29H2,1-2H3,(H,49,50)(H2,43,44,45)/t32?,35-,36-,38-,39-,41+/m1/s1. The minimum atomic E-state index is -4.76. The highest BCUT2D eigenvalue weighted by atomic mass is 31.2. The van der Waals surface area contributed by atoms with E-state index in [4.69, 9.17) is 29.0 Å². The average Bonchev–Trinajstić information content (AvgIpc) is 3.74. The van der Waals surface area contributed by atoms with Crippen molar-refractivity contribution in [2.45, 2.75) is 159 Å². The molecule has 0 amide bonds. The first kappa shape index (κ1) is 45.7. The first-order valence-corrected chi connectivity index (χ1v) is 22.0. The van der Waals surface area contributed by atoms with Crippen LogP contribution in [0.5, 0.6) is 0 Å². The van der Waals surface area contributed by atoms with Crippen molar-refractivity contribution in [2.75, 3.05) is 25.6 Å². The Bertz CT molecular complexity index is 1640. The number of phosphoric acid groups is 1. The number of unbranched alkanes of at least 4 members (excludes halogenated alkanes) is 15. The maximum Gasteiger partial charge on any atom is 0.472 e. The van der Waals surface area contributed by atoms with Gasteiger partial charge in [0.15, 0.2) is 5.82 Å². The Labute approximate surface area is 332 Å². The van der Waals surface area contributed by atoms with Crippen LogP contribution in [0, 0.1) is 11.3 Å². The summed E-state index contributed by atoms with van der Waals surface area (Å²) in [4.78, 5) is 14.6. The molecular formula is C41H64N5O9P. The molecule has 1 fully saturated rings. The lowest BCUT2D eigenvalue weighted by Gasteiger charge is -2.27. The number of nitrogen functional groups attached to an aromatic ring is 1. The lowest BCUT2D eigenvalue weighted by Crippen LogP contribution is -2.41. The fourth-order valence-electron chi connectivity index (χ4n) is 7.07. The van der Waals surface area contributed by atoms with E-state index in [-0.39, 0.29) is 24.7 Å². The van der Waals surface area contributed by atoms with Gasteiger partial charge in [-0.15, -0.1) is 0 Å². The summed E-state index contributed by atoms with van der Waals surface area (Å²) < 4.78 is 43.2. The van der Waals surface area contributed by atoms with Gasteiger partial charge in [0.05, 0.1) is 31.6 Å². The molecule has 1 aromatic carbocycles. The van der Waals surface area contributed by atoms with Crippen molar-refractivity contribution in [3.63, 3.8) is 0 Å². The molecule has 0 radical (unpaired) electrons. The number of fused-ring (bicyclic) bond motifs is 1. The second-order valence-corrected chi connectivity index (χ2v) is 16.3. The number of ether oxygens (including phenoxy) is 3. The molecule has 1 saturated heterocycles. The van der Waals surface area contributed by atoms with Crippen LogP contribution in [0.25, 0.3) is 5.52 Å². The second kappa shape index (κ2) is 24.1. The van der Waals surface area contributed by atoms with Crippen molar-refractivity contribution in [3.8, 4) is 6.07 Å². The molecule has 1 aliphatic rings. The van der Waals surface area contributed by atoms with Crippen molar-refractivity contribution in [1.29, 1.82) is 5.26 Å². The summed E-state index contributed by atoms with van der Waals surface area (Å²) in [6, 6.07) is 14.5. The summed E-state index contributed by atoms with van der Waals surface area (Å²) in [5, 5.41) is 36.1. The van der Waals surface area contributed by atoms with Crippen molar-refractivity contribution >= 4 is 19.2 Å². The Morgan fingerprint density at radius 2 is 1.55 bits per heavy atom. The minimum Gasteiger partial charge on any atom is -0.387 e. The molecule has 56 heavy (non-hydrogen) atoms. The number of aromatic nitrogens is 3. The maximum atomic E-state index is 13.2. The zero-order chi connectivity index (χ0) is 40.2. The minimum absolute atomic E-state index is 0.0909. The highest BCUT2D eigenvalue weighted by molar-refractivity contribution is 7.47. The fraction of sp³-hybridized carbons (Fsp3) is 0.683. The van der Waals surface area contributed by atoms with E-state index >= 15 is 0 Å². The van der Waals surface area contributed by atoms with Crippen LogP contribution in [0.4, 0.5) is 5.82 Å². The van der Waals surface area contributed by atoms with Crippen molar-refractivity contribution < 1.29 is 42.9 Å². The number of benzene rings is 1. The first-order chi connectivity index (χ1) is 27.1. The van der Waals surface area contributed by atoms with Crippen LogP contribution in [0.3, 0.4) is 0 Å². The van der Waals surface area contributed by atoms with E-state index in [0.29, 0.717) is 12.1 Å². The van der Waals surface area contributed by atoms with Gasteiger partial charge < -0.3 is 35.1 Å².